The van der Waals surface area contributed by atoms with E-state index < -0.39 is 65.7 Å². The Bertz CT molecular complexity index is 917. The molecule has 2 rings (SSSR count). The Labute approximate surface area is 212 Å². The van der Waals surface area contributed by atoms with Crippen LogP contribution >= 0.6 is 11.8 Å². The van der Waals surface area contributed by atoms with Crippen molar-refractivity contribution in [2.24, 2.45) is 0 Å². The monoisotopic (exact) mass is 528 g/mol. The molecule has 1 aliphatic rings. The molecule has 0 spiro atoms. The first-order valence-corrected chi connectivity index (χ1v) is 12.1. The number of rotatable bonds is 12. The van der Waals surface area contributed by atoms with Crippen LogP contribution < -0.4 is 10.6 Å². The summed E-state index contributed by atoms with van der Waals surface area (Å²) in [6.45, 7) is 0.775. The summed E-state index contributed by atoms with van der Waals surface area (Å²) in [5, 5.41) is 46.0. The molecule has 0 saturated carbocycles. The quantitative estimate of drug-likeness (QED) is 0.190. The maximum absolute atomic E-state index is 12.9. The molecule has 1 fully saturated rings. The standard InChI is InChI=1S/C23H32N2O10S/c1-13(26)25-19-15(27)11-23(22(33)34-2,36-14-7-4-3-5-8-14)35-21(19)20(32)16(28)12-24-17(29)9-6-10-18(30)31/h3-5,7-8,15-16,19-21,27-28,32H,6,9-12H2,1-2H3,(H,24,29)(H,25,26)(H,30,31)/t15-,16+,19+,20+,21+,23+/m0/s1. The molecule has 0 aliphatic carbocycles. The number of amides is 2. The van der Waals surface area contributed by atoms with Crippen LogP contribution in [0.1, 0.15) is 32.6 Å². The zero-order valence-corrected chi connectivity index (χ0v) is 20.8. The first-order valence-electron chi connectivity index (χ1n) is 11.3. The van der Waals surface area contributed by atoms with Gasteiger partial charge in [0.15, 0.2) is 0 Å². The number of hydrogen-bond donors (Lipinski definition) is 6. The predicted octanol–water partition coefficient (Wildman–Crippen LogP) is -0.605. The van der Waals surface area contributed by atoms with E-state index in [2.05, 4.69) is 10.6 Å². The summed E-state index contributed by atoms with van der Waals surface area (Å²) in [4.78, 5) is 46.0. The molecule has 0 aromatic heterocycles. The molecule has 12 nitrogen and oxygen atoms in total. The number of hydrogen-bond acceptors (Lipinski definition) is 10. The van der Waals surface area contributed by atoms with Crippen LogP contribution in [0.5, 0.6) is 0 Å². The van der Waals surface area contributed by atoms with Crippen molar-refractivity contribution in [1.29, 1.82) is 0 Å². The lowest BCUT2D eigenvalue weighted by atomic mass is 9.89. The van der Waals surface area contributed by atoms with Gasteiger partial charge < -0.3 is 40.5 Å². The molecule has 1 saturated heterocycles. The highest BCUT2D eigenvalue weighted by atomic mass is 32.2. The molecule has 1 aromatic rings. The third kappa shape index (κ3) is 8.17. The van der Waals surface area contributed by atoms with E-state index in [4.69, 9.17) is 14.6 Å². The molecule has 6 atom stereocenters. The van der Waals surface area contributed by atoms with E-state index in [1.807, 2.05) is 0 Å². The number of benzene rings is 1. The molecule has 0 radical (unpaired) electrons. The highest BCUT2D eigenvalue weighted by Gasteiger charge is 2.55. The van der Waals surface area contributed by atoms with Crippen LogP contribution in [0.2, 0.25) is 0 Å². The number of carbonyl (C=O) groups excluding carboxylic acids is 3. The summed E-state index contributed by atoms with van der Waals surface area (Å²) >= 11 is 0.952. The second-order valence-corrected chi connectivity index (χ2v) is 9.68. The maximum atomic E-state index is 12.9. The Balaban J connectivity index is 2.23. The Morgan fingerprint density at radius 1 is 1.19 bits per heavy atom. The van der Waals surface area contributed by atoms with Crippen molar-refractivity contribution in [3.63, 3.8) is 0 Å². The molecule has 6 N–H and O–H groups in total. The minimum absolute atomic E-state index is 0.0958. The number of nitrogens with one attached hydrogen (secondary N) is 2. The van der Waals surface area contributed by atoms with Gasteiger partial charge in [-0.3, -0.25) is 14.4 Å². The summed E-state index contributed by atoms with van der Waals surface area (Å²) in [7, 11) is 1.14. The lowest BCUT2D eigenvalue weighted by molar-refractivity contribution is -0.204. The molecule has 200 valence electrons. The lowest BCUT2D eigenvalue weighted by Crippen LogP contribution is -2.66. The van der Waals surface area contributed by atoms with Crippen LogP contribution in [0.15, 0.2) is 35.2 Å². The van der Waals surface area contributed by atoms with E-state index in [9.17, 15) is 34.5 Å². The second kappa shape index (κ2) is 13.6. The molecule has 1 aromatic carbocycles. The van der Waals surface area contributed by atoms with E-state index in [1.165, 1.54) is 6.92 Å². The summed E-state index contributed by atoms with van der Waals surface area (Å²) in [5.41, 5.74) is 0. The number of aliphatic hydroxyl groups excluding tert-OH is 3. The fraction of sp³-hybridized carbons (Fsp3) is 0.565. The van der Waals surface area contributed by atoms with Gasteiger partial charge in [-0.15, -0.1) is 0 Å². The number of aliphatic carboxylic acids is 1. The van der Waals surface area contributed by atoms with Gasteiger partial charge in [-0.2, -0.15) is 0 Å². The van der Waals surface area contributed by atoms with Gasteiger partial charge >= 0.3 is 11.9 Å². The number of aliphatic hydroxyl groups is 3. The minimum Gasteiger partial charge on any atom is -0.481 e. The van der Waals surface area contributed by atoms with Gasteiger partial charge in [0.25, 0.3) is 0 Å². The summed E-state index contributed by atoms with van der Waals surface area (Å²) in [6.07, 6.45) is -6.68. The second-order valence-electron chi connectivity index (χ2n) is 8.35. The third-order valence-corrected chi connectivity index (χ3v) is 6.77. The normalized spacial score (nSPS) is 25.3. The molecule has 0 unspecified atom stereocenters. The van der Waals surface area contributed by atoms with Crippen LogP contribution in [-0.4, -0.2) is 93.2 Å². The van der Waals surface area contributed by atoms with E-state index in [-0.39, 0.29) is 25.7 Å². The summed E-state index contributed by atoms with van der Waals surface area (Å²) < 4.78 is 10.9. The van der Waals surface area contributed by atoms with Crippen molar-refractivity contribution in [1.82, 2.24) is 10.6 Å². The number of carboxylic acid groups (broad SMARTS) is 1. The molecular formula is C23H32N2O10S. The number of methoxy groups -OCH3 is 1. The molecule has 2 amide bonds. The van der Waals surface area contributed by atoms with Crippen LogP contribution in [0.4, 0.5) is 0 Å². The van der Waals surface area contributed by atoms with Crippen LogP contribution in [0.3, 0.4) is 0 Å². The minimum atomic E-state index is -1.81. The average Bonchev–Trinajstić information content (AvgIpc) is 2.83. The Hall–Kier alpha value is -2.71. The fourth-order valence-corrected chi connectivity index (χ4v) is 5.03. The maximum Gasteiger partial charge on any atom is 0.349 e. The largest absolute Gasteiger partial charge is 0.481 e. The van der Waals surface area contributed by atoms with Crippen molar-refractivity contribution in [3.05, 3.63) is 30.3 Å². The molecule has 1 heterocycles. The number of esters is 1. The van der Waals surface area contributed by atoms with Gasteiger partial charge in [-0.25, -0.2) is 4.79 Å². The van der Waals surface area contributed by atoms with Gasteiger partial charge in [0.2, 0.25) is 16.7 Å². The number of carboxylic acids is 1. The molecule has 13 heteroatoms. The number of carbonyl (C=O) groups is 4. The SMILES string of the molecule is COC(=O)[C@]1(Sc2ccccc2)C[C@H](O)[C@@H](NC(C)=O)[C@H]([C@H](O)[C@H](O)CNC(=O)CCCC(=O)O)O1. The number of ether oxygens (including phenoxy) is 2. The van der Waals surface area contributed by atoms with Crippen molar-refractivity contribution < 1.29 is 49.1 Å². The van der Waals surface area contributed by atoms with E-state index in [0.717, 1.165) is 18.9 Å². The average molecular weight is 529 g/mol. The van der Waals surface area contributed by atoms with Crippen molar-refractivity contribution in [3.8, 4) is 0 Å². The lowest BCUT2D eigenvalue weighted by Gasteiger charge is -2.47. The Kier molecular flexibility index (Phi) is 11.1. The first-order chi connectivity index (χ1) is 17.0. The Morgan fingerprint density at radius 3 is 2.44 bits per heavy atom. The van der Waals surface area contributed by atoms with Crippen LogP contribution in [0.25, 0.3) is 0 Å². The predicted molar refractivity (Wildman–Crippen MR) is 127 cm³/mol. The topological polar surface area (TPSA) is 192 Å². The zero-order valence-electron chi connectivity index (χ0n) is 20.0. The van der Waals surface area contributed by atoms with Gasteiger partial charge in [0.1, 0.15) is 12.2 Å². The van der Waals surface area contributed by atoms with Crippen molar-refractivity contribution in [2.45, 2.75) is 72.9 Å². The van der Waals surface area contributed by atoms with E-state index in [0.29, 0.717) is 4.90 Å². The highest BCUT2D eigenvalue weighted by molar-refractivity contribution is 8.01. The first kappa shape index (κ1) is 29.5. The Morgan fingerprint density at radius 2 is 1.86 bits per heavy atom. The fourth-order valence-electron chi connectivity index (χ4n) is 3.78. The van der Waals surface area contributed by atoms with Crippen LogP contribution in [0, 0.1) is 0 Å². The molecular weight excluding hydrogens is 496 g/mol. The highest BCUT2D eigenvalue weighted by Crippen LogP contribution is 2.44. The van der Waals surface area contributed by atoms with Crippen molar-refractivity contribution in [2.75, 3.05) is 13.7 Å². The summed E-state index contributed by atoms with van der Waals surface area (Å²) in [5.74, 6) is -2.95. The molecule has 0 bridgehead atoms. The van der Waals surface area contributed by atoms with E-state index in [1.54, 1.807) is 30.3 Å². The van der Waals surface area contributed by atoms with Gasteiger partial charge in [-0.05, 0) is 18.6 Å². The third-order valence-electron chi connectivity index (χ3n) is 5.50. The van der Waals surface area contributed by atoms with E-state index >= 15 is 0 Å². The summed E-state index contributed by atoms with van der Waals surface area (Å²) in [6, 6.07) is 7.49. The van der Waals surface area contributed by atoms with Gasteiger partial charge in [0.05, 0.1) is 25.4 Å². The molecule has 36 heavy (non-hydrogen) atoms. The zero-order chi connectivity index (χ0) is 26.9. The van der Waals surface area contributed by atoms with Crippen LogP contribution in [-0.2, 0) is 28.7 Å². The van der Waals surface area contributed by atoms with Crippen molar-refractivity contribution >= 4 is 35.5 Å². The smallest absolute Gasteiger partial charge is 0.349 e. The van der Waals surface area contributed by atoms with Gasteiger partial charge in [-0.1, -0.05) is 30.0 Å². The molecule has 1 aliphatic heterocycles. The number of thioether (sulfide) groups is 1. The van der Waals surface area contributed by atoms with Gasteiger partial charge in [0, 0.05) is 37.6 Å².